The van der Waals surface area contributed by atoms with Gasteiger partial charge in [0.2, 0.25) is 11.8 Å². The van der Waals surface area contributed by atoms with E-state index in [4.69, 9.17) is 28.8 Å². The molecule has 2 heterocycles. The summed E-state index contributed by atoms with van der Waals surface area (Å²) in [6, 6.07) is 6.62. The van der Waals surface area contributed by atoms with Crippen LogP contribution in [0.5, 0.6) is 5.88 Å². The predicted molar refractivity (Wildman–Crippen MR) is 130 cm³/mol. The lowest BCUT2D eigenvalue weighted by atomic mass is 10.5. The zero-order chi connectivity index (χ0) is 24.9. The van der Waals surface area contributed by atoms with Gasteiger partial charge in [-0.15, -0.1) is 0 Å². The van der Waals surface area contributed by atoms with Gasteiger partial charge >= 0.3 is 0 Å². The first kappa shape index (κ1) is 31.8. The Bertz CT molecular complexity index is 704. The Morgan fingerprint density at radius 2 is 1.30 bits per heavy atom. The number of aliphatic hydroxyl groups excluding tert-OH is 1. The molecule has 0 saturated heterocycles. The van der Waals surface area contributed by atoms with Gasteiger partial charge in [-0.25, -0.2) is 9.97 Å². The van der Waals surface area contributed by atoms with E-state index in [1.165, 1.54) is 12.3 Å². The first-order valence-electron chi connectivity index (χ1n) is 10.5. The second kappa shape index (κ2) is 21.3. The van der Waals surface area contributed by atoms with Crippen LogP contribution in [0.3, 0.4) is 0 Å². The largest absolute Gasteiger partial charge is 0.472 e. The van der Waals surface area contributed by atoms with E-state index in [2.05, 4.69) is 41.8 Å². The second-order valence-electron chi connectivity index (χ2n) is 5.78. The van der Waals surface area contributed by atoms with E-state index in [1.54, 1.807) is 18.3 Å². The molecule has 8 nitrogen and oxygen atoms in total. The summed E-state index contributed by atoms with van der Waals surface area (Å²) in [6.45, 7) is 10.2. The summed E-state index contributed by atoms with van der Waals surface area (Å²) in [5.41, 5.74) is 0. The molecule has 33 heavy (non-hydrogen) atoms. The van der Waals surface area contributed by atoms with Crippen molar-refractivity contribution in [2.75, 3.05) is 39.6 Å². The lowest BCUT2D eigenvalue weighted by molar-refractivity contribution is -0.156. The van der Waals surface area contributed by atoms with Crippen molar-refractivity contribution >= 4 is 31.9 Å². The molecule has 2 rings (SSSR count). The Kier molecular flexibility index (Phi) is 20.5. The second-order valence-corrected chi connectivity index (χ2v) is 7.61. The quantitative estimate of drug-likeness (QED) is 0.270. The molecule has 0 spiro atoms. The molecule has 0 atom stereocenters. The number of hydrogen-bond donors (Lipinski definition) is 1. The topological polar surface area (TPSA) is 92.2 Å². The highest BCUT2D eigenvalue weighted by Crippen LogP contribution is 2.15. The fourth-order valence-corrected chi connectivity index (χ4v) is 2.66. The van der Waals surface area contributed by atoms with Gasteiger partial charge in [-0.1, -0.05) is 31.9 Å². The highest BCUT2D eigenvalue weighted by molar-refractivity contribution is 9.10. The molecule has 188 valence electrons. The summed E-state index contributed by atoms with van der Waals surface area (Å²) in [6.07, 6.45) is 2.31. The molecule has 2 aromatic rings. The van der Waals surface area contributed by atoms with E-state index in [0.717, 1.165) is 4.47 Å². The summed E-state index contributed by atoms with van der Waals surface area (Å²) in [7, 11) is 0. The average molecular weight is 600 g/mol. The number of aromatic nitrogens is 2. The number of pyridine rings is 2. The van der Waals surface area contributed by atoms with Crippen molar-refractivity contribution in [2.45, 2.75) is 40.3 Å². The molecule has 0 aliphatic heterocycles. The fraction of sp³-hybridized carbons (Fsp3) is 0.545. The van der Waals surface area contributed by atoms with Gasteiger partial charge in [0.15, 0.2) is 12.6 Å². The SMILES string of the molecule is CCOC(CO)OCC.CCOC(COc1cc(Br)ccn1)OCC.Fc1cc(Br)ccn1. The Morgan fingerprint density at radius 3 is 1.70 bits per heavy atom. The van der Waals surface area contributed by atoms with Gasteiger partial charge in [-0.2, -0.15) is 4.39 Å². The highest BCUT2D eigenvalue weighted by atomic mass is 79.9. The van der Waals surface area contributed by atoms with Crippen molar-refractivity contribution in [1.82, 2.24) is 9.97 Å². The lowest BCUT2D eigenvalue weighted by Crippen LogP contribution is -2.25. The molecule has 0 bridgehead atoms. The molecule has 2 aromatic heterocycles. The van der Waals surface area contributed by atoms with Crippen LogP contribution in [0.25, 0.3) is 0 Å². The molecule has 0 aliphatic rings. The van der Waals surface area contributed by atoms with Crippen LogP contribution in [-0.2, 0) is 18.9 Å². The number of aliphatic hydroxyl groups is 1. The van der Waals surface area contributed by atoms with Crippen molar-refractivity contribution in [2.24, 2.45) is 0 Å². The minimum absolute atomic E-state index is 0.0678. The van der Waals surface area contributed by atoms with Crippen LogP contribution in [0.4, 0.5) is 4.39 Å². The molecule has 0 amide bonds. The van der Waals surface area contributed by atoms with Crippen LogP contribution >= 0.6 is 31.9 Å². The number of halogens is 3. The Balaban J connectivity index is 0.000000510. The molecule has 11 heteroatoms. The molecule has 0 radical (unpaired) electrons. The predicted octanol–water partition coefficient (Wildman–Crippen LogP) is 4.98. The zero-order valence-corrected chi connectivity index (χ0v) is 22.6. The van der Waals surface area contributed by atoms with Gasteiger partial charge in [-0.3, -0.25) is 0 Å². The van der Waals surface area contributed by atoms with Crippen LogP contribution in [0, 0.1) is 5.95 Å². The van der Waals surface area contributed by atoms with Crippen molar-refractivity contribution in [3.05, 3.63) is 51.6 Å². The van der Waals surface area contributed by atoms with Gasteiger partial charge in [0.25, 0.3) is 0 Å². The van der Waals surface area contributed by atoms with Gasteiger partial charge in [0.1, 0.15) is 6.61 Å². The minimum atomic E-state index is -0.459. The first-order valence-corrected chi connectivity index (χ1v) is 12.1. The maximum Gasteiger partial charge on any atom is 0.214 e. The van der Waals surface area contributed by atoms with E-state index in [9.17, 15) is 4.39 Å². The zero-order valence-electron chi connectivity index (χ0n) is 19.4. The van der Waals surface area contributed by atoms with Gasteiger partial charge in [0.05, 0.1) is 6.61 Å². The summed E-state index contributed by atoms with van der Waals surface area (Å²) >= 11 is 6.43. The van der Waals surface area contributed by atoms with Gasteiger partial charge in [-0.05, 0) is 39.8 Å². The van der Waals surface area contributed by atoms with E-state index in [1.807, 2.05) is 33.8 Å². The van der Waals surface area contributed by atoms with Crippen molar-refractivity contribution in [1.29, 1.82) is 0 Å². The van der Waals surface area contributed by atoms with Gasteiger partial charge in [0, 0.05) is 59.9 Å². The number of nitrogens with zero attached hydrogens (tertiary/aromatic N) is 2. The fourth-order valence-electron chi connectivity index (χ4n) is 2.04. The molecular weight excluding hydrogens is 567 g/mol. The van der Waals surface area contributed by atoms with Crippen molar-refractivity contribution < 1.29 is 33.2 Å². The maximum atomic E-state index is 12.0. The molecule has 0 unspecified atom stereocenters. The number of ether oxygens (including phenoxy) is 5. The van der Waals surface area contributed by atoms with Crippen LogP contribution in [0.1, 0.15) is 27.7 Å². The smallest absolute Gasteiger partial charge is 0.214 e. The van der Waals surface area contributed by atoms with Crippen LogP contribution < -0.4 is 4.74 Å². The van der Waals surface area contributed by atoms with E-state index < -0.39 is 12.2 Å². The molecule has 1 N–H and O–H groups in total. The van der Waals surface area contributed by atoms with E-state index >= 15 is 0 Å². The Labute approximate surface area is 212 Å². The third-order valence-electron chi connectivity index (χ3n) is 3.31. The monoisotopic (exact) mass is 598 g/mol. The van der Waals surface area contributed by atoms with E-state index in [0.29, 0.717) is 43.4 Å². The standard InChI is InChI=1S/C11H16BrNO3.C6H14O3.C5H3BrFN/c1-3-14-11(15-4-2)8-16-10-7-9(12)5-6-13-10;1-3-8-6(5-7)9-4-2;6-4-1-2-8-5(7)3-4/h5-7,11H,3-4,8H2,1-2H3;6-7H,3-5H2,1-2H3;1-3H. The Hall–Kier alpha value is -1.21. The molecule has 0 saturated carbocycles. The maximum absolute atomic E-state index is 12.0. The molecular formula is C22H33Br2FN2O6. The number of rotatable bonds is 12. The summed E-state index contributed by atoms with van der Waals surface area (Å²) < 4.78 is 39.7. The van der Waals surface area contributed by atoms with Crippen molar-refractivity contribution in [3.63, 3.8) is 0 Å². The summed E-state index contributed by atoms with van der Waals surface area (Å²) in [5, 5.41) is 8.54. The normalized spacial score (nSPS) is 10.4. The van der Waals surface area contributed by atoms with Crippen molar-refractivity contribution in [3.8, 4) is 5.88 Å². The lowest BCUT2D eigenvalue weighted by Gasteiger charge is -2.16. The van der Waals surface area contributed by atoms with Gasteiger partial charge < -0.3 is 28.8 Å². The summed E-state index contributed by atoms with van der Waals surface area (Å²) in [4.78, 5) is 7.41. The molecule has 0 fully saturated rings. The van der Waals surface area contributed by atoms with Crippen LogP contribution in [0.15, 0.2) is 45.6 Å². The molecule has 0 aromatic carbocycles. The summed E-state index contributed by atoms with van der Waals surface area (Å²) in [5.74, 6) is 0.0955. The van der Waals surface area contributed by atoms with Crippen LogP contribution in [-0.4, -0.2) is 67.3 Å². The average Bonchev–Trinajstić information content (AvgIpc) is 2.78. The van der Waals surface area contributed by atoms with E-state index in [-0.39, 0.29) is 12.9 Å². The Morgan fingerprint density at radius 1 is 0.818 bits per heavy atom. The highest BCUT2D eigenvalue weighted by Gasteiger charge is 2.09. The molecule has 0 aliphatic carbocycles. The third kappa shape index (κ3) is 17.9. The minimum Gasteiger partial charge on any atom is -0.472 e. The third-order valence-corrected chi connectivity index (χ3v) is 4.30. The number of hydrogen-bond acceptors (Lipinski definition) is 8. The van der Waals surface area contributed by atoms with Crippen LogP contribution in [0.2, 0.25) is 0 Å². The first-order chi connectivity index (χ1) is 15.9.